The van der Waals surface area contributed by atoms with Crippen LogP contribution in [0.15, 0.2) is 53.0 Å². The standard InChI is InChI=1S/C16H17BrN2O2/c1-2-21-15-6-4-3-5-14(15)19-16(20)11-18-13-9-7-12(17)8-10-13/h3-10,18H,2,11H2,1H3,(H,19,20). The molecule has 0 saturated carbocycles. The van der Waals surface area contributed by atoms with Crippen molar-refractivity contribution >= 4 is 33.2 Å². The van der Waals surface area contributed by atoms with Crippen LogP contribution in [0.3, 0.4) is 0 Å². The summed E-state index contributed by atoms with van der Waals surface area (Å²) in [5.41, 5.74) is 1.58. The van der Waals surface area contributed by atoms with E-state index in [-0.39, 0.29) is 12.5 Å². The number of amides is 1. The van der Waals surface area contributed by atoms with Gasteiger partial charge in [-0.15, -0.1) is 0 Å². The molecule has 0 heterocycles. The average Bonchev–Trinajstić information content (AvgIpc) is 2.49. The van der Waals surface area contributed by atoms with Crippen molar-refractivity contribution in [3.05, 3.63) is 53.0 Å². The molecular formula is C16H17BrN2O2. The molecular weight excluding hydrogens is 332 g/mol. The SMILES string of the molecule is CCOc1ccccc1NC(=O)CNc1ccc(Br)cc1. The van der Waals surface area contributed by atoms with E-state index in [0.29, 0.717) is 18.0 Å². The summed E-state index contributed by atoms with van der Waals surface area (Å²) in [5.74, 6) is 0.557. The summed E-state index contributed by atoms with van der Waals surface area (Å²) in [7, 11) is 0. The Morgan fingerprint density at radius 1 is 1.14 bits per heavy atom. The van der Waals surface area contributed by atoms with Crippen molar-refractivity contribution in [2.45, 2.75) is 6.92 Å². The van der Waals surface area contributed by atoms with Crippen molar-refractivity contribution in [1.82, 2.24) is 0 Å². The van der Waals surface area contributed by atoms with Crippen molar-refractivity contribution in [2.24, 2.45) is 0 Å². The maximum atomic E-state index is 12.0. The molecule has 1 amide bonds. The highest BCUT2D eigenvalue weighted by Crippen LogP contribution is 2.23. The number of rotatable bonds is 6. The van der Waals surface area contributed by atoms with Crippen molar-refractivity contribution in [1.29, 1.82) is 0 Å². The Morgan fingerprint density at radius 2 is 1.86 bits per heavy atom. The average molecular weight is 349 g/mol. The predicted molar refractivity (Wildman–Crippen MR) is 88.9 cm³/mol. The van der Waals surface area contributed by atoms with Crippen molar-refractivity contribution < 1.29 is 9.53 Å². The molecule has 2 aromatic carbocycles. The lowest BCUT2D eigenvalue weighted by Gasteiger charge is -2.12. The fourth-order valence-electron chi connectivity index (χ4n) is 1.80. The summed E-state index contributed by atoms with van der Waals surface area (Å²) in [5, 5.41) is 5.91. The summed E-state index contributed by atoms with van der Waals surface area (Å²) in [6.07, 6.45) is 0. The Bertz CT molecular complexity index is 599. The molecule has 0 aliphatic heterocycles. The van der Waals surface area contributed by atoms with E-state index in [1.807, 2.05) is 55.5 Å². The van der Waals surface area contributed by atoms with Crippen LogP contribution < -0.4 is 15.4 Å². The van der Waals surface area contributed by atoms with Gasteiger partial charge in [-0.05, 0) is 43.3 Å². The third-order valence-corrected chi connectivity index (χ3v) is 3.29. The lowest BCUT2D eigenvalue weighted by atomic mass is 10.3. The van der Waals surface area contributed by atoms with E-state index in [2.05, 4.69) is 26.6 Å². The zero-order valence-electron chi connectivity index (χ0n) is 11.7. The molecule has 2 aromatic rings. The second-order valence-corrected chi connectivity index (χ2v) is 5.25. The van der Waals surface area contributed by atoms with Gasteiger partial charge >= 0.3 is 0 Å². The molecule has 5 heteroatoms. The normalized spacial score (nSPS) is 10.0. The van der Waals surface area contributed by atoms with Crippen molar-refractivity contribution in [2.75, 3.05) is 23.8 Å². The molecule has 0 fully saturated rings. The van der Waals surface area contributed by atoms with Crippen LogP contribution in [-0.2, 0) is 4.79 Å². The summed E-state index contributed by atoms with van der Waals surface area (Å²) in [4.78, 5) is 12.0. The van der Waals surface area contributed by atoms with Crippen LogP contribution in [0, 0.1) is 0 Å². The second kappa shape index (κ2) is 7.69. The number of nitrogens with one attached hydrogen (secondary N) is 2. The van der Waals surface area contributed by atoms with Crippen molar-refractivity contribution in [3.63, 3.8) is 0 Å². The van der Waals surface area contributed by atoms with E-state index in [1.165, 1.54) is 0 Å². The fourth-order valence-corrected chi connectivity index (χ4v) is 2.06. The first kappa shape index (κ1) is 15.4. The molecule has 2 N–H and O–H groups in total. The van der Waals surface area contributed by atoms with Crippen LogP contribution in [0.25, 0.3) is 0 Å². The number of hydrogen-bond acceptors (Lipinski definition) is 3. The van der Waals surface area contributed by atoms with Gasteiger partial charge in [0.05, 0.1) is 18.8 Å². The minimum Gasteiger partial charge on any atom is -0.492 e. The lowest BCUT2D eigenvalue weighted by Crippen LogP contribution is -2.22. The summed E-state index contributed by atoms with van der Waals surface area (Å²) >= 11 is 3.37. The molecule has 0 atom stereocenters. The van der Waals surface area contributed by atoms with Gasteiger partial charge in [0.25, 0.3) is 0 Å². The zero-order chi connectivity index (χ0) is 15.1. The molecule has 0 saturated heterocycles. The van der Waals surface area contributed by atoms with Gasteiger partial charge in [0.1, 0.15) is 5.75 Å². The molecule has 21 heavy (non-hydrogen) atoms. The first-order chi connectivity index (χ1) is 10.2. The number of para-hydroxylation sites is 2. The number of halogens is 1. The Kier molecular flexibility index (Phi) is 5.63. The lowest BCUT2D eigenvalue weighted by molar-refractivity contribution is -0.114. The number of carbonyl (C=O) groups is 1. The largest absolute Gasteiger partial charge is 0.492 e. The van der Waals surface area contributed by atoms with Crippen LogP contribution in [0.4, 0.5) is 11.4 Å². The molecule has 2 rings (SSSR count). The Morgan fingerprint density at radius 3 is 2.57 bits per heavy atom. The van der Waals surface area contributed by atoms with Crippen LogP contribution in [0.1, 0.15) is 6.92 Å². The molecule has 4 nitrogen and oxygen atoms in total. The molecule has 0 aromatic heterocycles. The minimum absolute atomic E-state index is 0.120. The summed E-state index contributed by atoms with van der Waals surface area (Å²) < 4.78 is 6.48. The van der Waals surface area contributed by atoms with Gasteiger partial charge in [0.2, 0.25) is 5.91 Å². The first-order valence-electron chi connectivity index (χ1n) is 6.70. The molecule has 0 radical (unpaired) electrons. The van der Waals surface area contributed by atoms with E-state index in [4.69, 9.17) is 4.74 Å². The maximum Gasteiger partial charge on any atom is 0.243 e. The number of benzene rings is 2. The van der Waals surface area contributed by atoms with Gasteiger partial charge in [0, 0.05) is 10.2 Å². The van der Waals surface area contributed by atoms with Gasteiger partial charge in [-0.2, -0.15) is 0 Å². The van der Waals surface area contributed by atoms with Gasteiger partial charge in [0.15, 0.2) is 0 Å². The molecule has 0 aliphatic rings. The molecule has 0 aliphatic carbocycles. The summed E-state index contributed by atoms with van der Waals surface area (Å²) in [6.45, 7) is 2.67. The van der Waals surface area contributed by atoms with Gasteiger partial charge in [-0.3, -0.25) is 4.79 Å². The molecule has 110 valence electrons. The van der Waals surface area contributed by atoms with E-state index < -0.39 is 0 Å². The Balaban J connectivity index is 1.91. The van der Waals surface area contributed by atoms with E-state index >= 15 is 0 Å². The predicted octanol–water partition coefficient (Wildman–Crippen LogP) is 3.90. The van der Waals surface area contributed by atoms with Gasteiger partial charge in [-0.1, -0.05) is 28.1 Å². The topological polar surface area (TPSA) is 50.4 Å². The minimum atomic E-state index is -0.120. The van der Waals surface area contributed by atoms with E-state index in [0.717, 1.165) is 10.2 Å². The second-order valence-electron chi connectivity index (χ2n) is 4.34. The highest BCUT2D eigenvalue weighted by molar-refractivity contribution is 9.10. The third kappa shape index (κ3) is 4.79. The van der Waals surface area contributed by atoms with E-state index in [9.17, 15) is 4.79 Å². The van der Waals surface area contributed by atoms with Crippen LogP contribution >= 0.6 is 15.9 Å². The first-order valence-corrected chi connectivity index (χ1v) is 7.49. The Hall–Kier alpha value is -2.01. The van der Waals surface area contributed by atoms with Crippen LogP contribution in [-0.4, -0.2) is 19.1 Å². The zero-order valence-corrected chi connectivity index (χ0v) is 13.3. The number of anilines is 2. The van der Waals surface area contributed by atoms with Crippen LogP contribution in [0.5, 0.6) is 5.75 Å². The molecule has 0 spiro atoms. The summed E-state index contributed by atoms with van der Waals surface area (Å²) in [6, 6.07) is 15.1. The quantitative estimate of drug-likeness (QED) is 0.832. The highest BCUT2D eigenvalue weighted by atomic mass is 79.9. The fraction of sp³-hybridized carbons (Fsp3) is 0.188. The molecule has 0 unspecified atom stereocenters. The Labute approximate surface area is 132 Å². The monoisotopic (exact) mass is 348 g/mol. The number of ether oxygens (including phenoxy) is 1. The molecule has 0 bridgehead atoms. The van der Waals surface area contributed by atoms with Crippen LogP contribution in [0.2, 0.25) is 0 Å². The van der Waals surface area contributed by atoms with Crippen molar-refractivity contribution in [3.8, 4) is 5.75 Å². The van der Waals surface area contributed by atoms with E-state index in [1.54, 1.807) is 0 Å². The smallest absolute Gasteiger partial charge is 0.243 e. The van der Waals surface area contributed by atoms with Gasteiger partial charge < -0.3 is 15.4 Å². The maximum absolute atomic E-state index is 12.0. The number of carbonyl (C=O) groups excluding carboxylic acids is 1. The number of hydrogen-bond donors (Lipinski definition) is 2. The third-order valence-electron chi connectivity index (χ3n) is 2.76. The highest BCUT2D eigenvalue weighted by Gasteiger charge is 2.07. The van der Waals surface area contributed by atoms with Gasteiger partial charge in [-0.25, -0.2) is 0 Å².